The molecule has 0 radical (unpaired) electrons. The molecule has 1 aromatic carbocycles. The molecule has 1 aromatic heterocycles. The van der Waals surface area contributed by atoms with Gasteiger partial charge in [-0.25, -0.2) is 9.78 Å². The van der Waals surface area contributed by atoms with Gasteiger partial charge in [0.1, 0.15) is 11.6 Å². The summed E-state index contributed by atoms with van der Waals surface area (Å²) in [6.07, 6.45) is 3.25. The van der Waals surface area contributed by atoms with E-state index >= 15 is 0 Å². The van der Waals surface area contributed by atoms with Crippen molar-refractivity contribution in [3.8, 4) is 0 Å². The lowest BCUT2D eigenvalue weighted by Crippen LogP contribution is -2.30. The van der Waals surface area contributed by atoms with Crippen molar-refractivity contribution in [3.63, 3.8) is 0 Å². The Kier molecular flexibility index (Phi) is 4.18. The van der Waals surface area contributed by atoms with Gasteiger partial charge in [0, 0.05) is 13.1 Å². The number of carbonyl (C=O) groups is 1. The number of benzene rings is 1. The zero-order chi connectivity index (χ0) is 15.6. The van der Waals surface area contributed by atoms with Gasteiger partial charge in [0.05, 0.1) is 22.8 Å². The maximum absolute atomic E-state index is 11.5. The highest BCUT2D eigenvalue weighted by molar-refractivity contribution is 7.18. The highest BCUT2D eigenvalue weighted by atomic mass is 32.1. The van der Waals surface area contributed by atoms with Crippen LogP contribution in [0, 0.1) is 0 Å². The van der Waals surface area contributed by atoms with E-state index in [1.807, 2.05) is 22.3 Å². The molecular weight excluding hydrogens is 310 g/mol. The van der Waals surface area contributed by atoms with Gasteiger partial charge in [-0.1, -0.05) is 12.1 Å². The number of rotatable bonds is 5. The second-order valence-electron chi connectivity index (χ2n) is 6.17. The summed E-state index contributed by atoms with van der Waals surface area (Å²) in [5, 5.41) is 1.24. The van der Waals surface area contributed by atoms with E-state index in [1.165, 1.54) is 22.5 Å². The SMILES string of the molecule is O=C1OCCN1CCCN1CCCC1c1nc2ccccc2s1. The molecule has 1 unspecified atom stereocenters. The number of aromatic nitrogens is 1. The fourth-order valence-electron chi connectivity index (χ4n) is 3.50. The molecule has 2 saturated heterocycles. The number of para-hydroxylation sites is 1. The Hall–Kier alpha value is -1.66. The fourth-order valence-corrected chi connectivity index (χ4v) is 4.64. The Morgan fingerprint density at radius 2 is 2.17 bits per heavy atom. The number of likely N-dealkylation sites (tertiary alicyclic amines) is 1. The quantitative estimate of drug-likeness (QED) is 0.843. The summed E-state index contributed by atoms with van der Waals surface area (Å²) in [4.78, 5) is 20.6. The molecule has 23 heavy (non-hydrogen) atoms. The molecule has 0 bridgehead atoms. The van der Waals surface area contributed by atoms with Crippen LogP contribution in [0.25, 0.3) is 10.2 Å². The first-order valence-corrected chi connectivity index (χ1v) is 9.14. The van der Waals surface area contributed by atoms with Crippen molar-refractivity contribution in [3.05, 3.63) is 29.3 Å². The van der Waals surface area contributed by atoms with Crippen LogP contribution >= 0.6 is 11.3 Å². The third kappa shape index (κ3) is 3.05. The summed E-state index contributed by atoms with van der Waals surface area (Å²) in [6, 6.07) is 8.81. The molecule has 0 aliphatic carbocycles. The number of hydrogen-bond acceptors (Lipinski definition) is 5. The molecule has 1 amide bonds. The van der Waals surface area contributed by atoms with Crippen LogP contribution in [0.1, 0.15) is 30.3 Å². The van der Waals surface area contributed by atoms with Crippen LogP contribution < -0.4 is 0 Å². The molecule has 0 spiro atoms. The summed E-state index contributed by atoms with van der Waals surface area (Å²) in [6.45, 7) is 4.22. The molecule has 122 valence electrons. The molecule has 4 rings (SSSR count). The topological polar surface area (TPSA) is 45.7 Å². The first-order chi connectivity index (χ1) is 11.3. The standard InChI is InChI=1S/C17H21N3O2S/c21-17-20(11-12-22-17)10-4-9-19-8-3-6-14(19)16-18-13-5-1-2-7-15(13)23-16/h1-2,5,7,14H,3-4,6,8-12H2. The molecule has 2 aromatic rings. The number of thiazole rings is 1. The van der Waals surface area contributed by atoms with Gasteiger partial charge in [0.25, 0.3) is 0 Å². The normalized spacial score (nSPS) is 22.2. The van der Waals surface area contributed by atoms with E-state index in [-0.39, 0.29) is 6.09 Å². The number of carbonyl (C=O) groups excluding carboxylic acids is 1. The largest absolute Gasteiger partial charge is 0.448 e. The molecule has 5 nitrogen and oxygen atoms in total. The van der Waals surface area contributed by atoms with Gasteiger partial charge in [-0.3, -0.25) is 4.90 Å². The van der Waals surface area contributed by atoms with Crippen molar-refractivity contribution in [2.45, 2.75) is 25.3 Å². The average molecular weight is 331 g/mol. The fraction of sp³-hybridized carbons (Fsp3) is 0.529. The number of fused-ring (bicyclic) bond motifs is 1. The van der Waals surface area contributed by atoms with Gasteiger partial charge in [-0.05, 0) is 37.9 Å². The average Bonchev–Trinajstić information content (AvgIpc) is 3.26. The maximum atomic E-state index is 11.5. The Morgan fingerprint density at radius 3 is 3.00 bits per heavy atom. The molecule has 3 heterocycles. The van der Waals surface area contributed by atoms with Crippen LogP contribution in [-0.4, -0.2) is 53.7 Å². The zero-order valence-electron chi connectivity index (χ0n) is 13.1. The Bertz CT molecular complexity index is 669. The van der Waals surface area contributed by atoms with Crippen molar-refractivity contribution in [2.24, 2.45) is 0 Å². The van der Waals surface area contributed by atoms with Crippen LogP contribution in [0.15, 0.2) is 24.3 Å². The van der Waals surface area contributed by atoms with Crippen LogP contribution in [0.3, 0.4) is 0 Å². The monoisotopic (exact) mass is 331 g/mol. The molecule has 2 aliphatic heterocycles. The van der Waals surface area contributed by atoms with Crippen molar-refractivity contribution >= 4 is 27.6 Å². The second kappa shape index (κ2) is 6.45. The van der Waals surface area contributed by atoms with Crippen LogP contribution in [0.5, 0.6) is 0 Å². The highest BCUT2D eigenvalue weighted by Crippen LogP contribution is 2.36. The number of cyclic esters (lactones) is 1. The summed E-state index contributed by atoms with van der Waals surface area (Å²) < 4.78 is 6.25. The third-order valence-corrected chi connectivity index (χ3v) is 5.82. The van der Waals surface area contributed by atoms with Crippen molar-refractivity contribution < 1.29 is 9.53 Å². The van der Waals surface area contributed by atoms with Crippen molar-refractivity contribution in [1.82, 2.24) is 14.8 Å². The molecular formula is C17H21N3O2S. The number of amides is 1. The first kappa shape index (κ1) is 14.9. The lowest BCUT2D eigenvalue weighted by atomic mass is 10.2. The van der Waals surface area contributed by atoms with Crippen LogP contribution in [0.4, 0.5) is 4.79 Å². The Labute approximate surface area is 139 Å². The zero-order valence-corrected chi connectivity index (χ0v) is 13.9. The van der Waals surface area contributed by atoms with Crippen LogP contribution in [0.2, 0.25) is 0 Å². The van der Waals surface area contributed by atoms with E-state index in [0.717, 1.165) is 38.1 Å². The van der Waals surface area contributed by atoms with Crippen molar-refractivity contribution in [1.29, 1.82) is 0 Å². The molecule has 0 saturated carbocycles. The number of ether oxygens (including phenoxy) is 1. The molecule has 6 heteroatoms. The lowest BCUT2D eigenvalue weighted by Gasteiger charge is -2.23. The number of hydrogen-bond donors (Lipinski definition) is 0. The molecule has 0 N–H and O–H groups in total. The second-order valence-corrected chi connectivity index (χ2v) is 7.23. The highest BCUT2D eigenvalue weighted by Gasteiger charge is 2.29. The first-order valence-electron chi connectivity index (χ1n) is 8.32. The predicted octanol–water partition coefficient (Wildman–Crippen LogP) is 3.28. The summed E-state index contributed by atoms with van der Waals surface area (Å²) in [7, 11) is 0. The van der Waals surface area contributed by atoms with Gasteiger partial charge >= 0.3 is 6.09 Å². The van der Waals surface area contributed by atoms with Gasteiger partial charge in [0.15, 0.2) is 0 Å². The Balaban J connectivity index is 1.39. The van der Waals surface area contributed by atoms with Crippen LogP contribution in [-0.2, 0) is 4.74 Å². The van der Waals surface area contributed by atoms with Crippen molar-refractivity contribution in [2.75, 3.05) is 32.8 Å². The predicted molar refractivity (Wildman–Crippen MR) is 90.7 cm³/mol. The van der Waals surface area contributed by atoms with Gasteiger partial charge in [-0.15, -0.1) is 11.3 Å². The smallest absolute Gasteiger partial charge is 0.409 e. The minimum Gasteiger partial charge on any atom is -0.448 e. The molecule has 1 atom stereocenters. The molecule has 2 fully saturated rings. The van der Waals surface area contributed by atoms with Gasteiger partial charge in [0.2, 0.25) is 0 Å². The van der Waals surface area contributed by atoms with E-state index in [4.69, 9.17) is 9.72 Å². The van der Waals surface area contributed by atoms with E-state index in [0.29, 0.717) is 12.6 Å². The summed E-state index contributed by atoms with van der Waals surface area (Å²) in [5.74, 6) is 0. The summed E-state index contributed by atoms with van der Waals surface area (Å²) in [5.41, 5.74) is 1.11. The van der Waals surface area contributed by atoms with E-state index < -0.39 is 0 Å². The van der Waals surface area contributed by atoms with E-state index in [9.17, 15) is 4.79 Å². The van der Waals surface area contributed by atoms with E-state index in [1.54, 1.807) is 0 Å². The minimum atomic E-state index is -0.158. The third-order valence-electron chi connectivity index (χ3n) is 4.68. The summed E-state index contributed by atoms with van der Waals surface area (Å²) >= 11 is 1.82. The van der Waals surface area contributed by atoms with Gasteiger partial charge in [-0.2, -0.15) is 0 Å². The lowest BCUT2D eigenvalue weighted by molar-refractivity contribution is 0.156. The van der Waals surface area contributed by atoms with Gasteiger partial charge < -0.3 is 9.64 Å². The minimum absolute atomic E-state index is 0.158. The number of nitrogens with zero attached hydrogens (tertiary/aromatic N) is 3. The Morgan fingerprint density at radius 1 is 1.26 bits per heavy atom. The molecule has 2 aliphatic rings. The maximum Gasteiger partial charge on any atom is 0.409 e. The van der Waals surface area contributed by atoms with E-state index in [2.05, 4.69) is 23.1 Å².